The highest BCUT2D eigenvalue weighted by molar-refractivity contribution is 5.62. The first-order chi connectivity index (χ1) is 9.93. The van der Waals surface area contributed by atoms with Crippen LogP contribution in [0, 0.1) is 30.9 Å². The number of benzene rings is 1. The molecular weight excluding hydrogens is 266 g/mol. The number of rotatable bonds is 5. The van der Waals surface area contributed by atoms with Crippen LogP contribution in [0.3, 0.4) is 0 Å². The highest BCUT2D eigenvalue weighted by atomic mass is 16.6. The Morgan fingerprint density at radius 1 is 1.24 bits per heavy atom. The summed E-state index contributed by atoms with van der Waals surface area (Å²) in [5, 5.41) is 14.3. The van der Waals surface area contributed by atoms with Gasteiger partial charge < -0.3 is 9.88 Å². The molecule has 112 valence electrons. The molecule has 0 atom stereocenters. The minimum atomic E-state index is -0.343. The molecule has 0 radical (unpaired) electrons. The molecule has 0 saturated heterocycles. The van der Waals surface area contributed by atoms with E-state index in [1.165, 1.54) is 17.0 Å². The van der Waals surface area contributed by atoms with Crippen LogP contribution in [0.1, 0.15) is 29.4 Å². The number of anilines is 1. The summed E-state index contributed by atoms with van der Waals surface area (Å²) in [7, 11) is 0. The van der Waals surface area contributed by atoms with Gasteiger partial charge in [0.25, 0.3) is 5.69 Å². The normalized spacial score (nSPS) is 10.7. The van der Waals surface area contributed by atoms with Crippen molar-refractivity contribution in [2.24, 2.45) is 0 Å². The maximum atomic E-state index is 11.1. The summed E-state index contributed by atoms with van der Waals surface area (Å²) in [5.41, 5.74) is 5.16. The van der Waals surface area contributed by atoms with E-state index in [1.54, 1.807) is 12.1 Å². The van der Waals surface area contributed by atoms with E-state index in [4.69, 9.17) is 0 Å². The predicted octanol–water partition coefficient (Wildman–Crippen LogP) is 3.95. The van der Waals surface area contributed by atoms with E-state index in [1.807, 2.05) is 13.0 Å². The number of nitro groups is 1. The van der Waals surface area contributed by atoms with Gasteiger partial charge in [0, 0.05) is 30.5 Å². The molecule has 0 aliphatic rings. The van der Waals surface area contributed by atoms with E-state index in [-0.39, 0.29) is 10.6 Å². The molecule has 1 N–H and O–H groups in total. The van der Waals surface area contributed by atoms with Crippen molar-refractivity contribution in [3.8, 4) is 0 Å². The van der Waals surface area contributed by atoms with Gasteiger partial charge in [-0.05, 0) is 51.0 Å². The van der Waals surface area contributed by atoms with Gasteiger partial charge in [0.05, 0.1) is 4.92 Å². The van der Waals surface area contributed by atoms with Gasteiger partial charge >= 0.3 is 0 Å². The Morgan fingerprint density at radius 3 is 2.52 bits per heavy atom. The fourth-order valence-corrected chi connectivity index (χ4v) is 2.67. The van der Waals surface area contributed by atoms with Crippen LogP contribution in [-0.2, 0) is 13.1 Å². The van der Waals surface area contributed by atoms with Crippen molar-refractivity contribution >= 4 is 11.4 Å². The summed E-state index contributed by atoms with van der Waals surface area (Å²) >= 11 is 0. The summed E-state index contributed by atoms with van der Waals surface area (Å²) in [6, 6.07) is 7.38. The second-order valence-corrected chi connectivity index (χ2v) is 5.27. The molecule has 0 unspecified atom stereocenters. The van der Waals surface area contributed by atoms with Crippen LogP contribution in [-0.4, -0.2) is 9.49 Å². The molecule has 0 spiro atoms. The minimum Gasteiger partial charge on any atom is -0.375 e. The zero-order valence-electron chi connectivity index (χ0n) is 12.9. The van der Waals surface area contributed by atoms with Gasteiger partial charge in [-0.1, -0.05) is 6.07 Å². The summed E-state index contributed by atoms with van der Waals surface area (Å²) in [6.45, 7) is 9.64. The average molecular weight is 287 g/mol. The zero-order valence-corrected chi connectivity index (χ0v) is 12.9. The van der Waals surface area contributed by atoms with Crippen LogP contribution in [0.15, 0.2) is 24.3 Å². The average Bonchev–Trinajstić information content (AvgIpc) is 2.71. The third kappa shape index (κ3) is 3.07. The van der Waals surface area contributed by atoms with E-state index in [0.29, 0.717) is 12.2 Å². The predicted molar refractivity (Wildman–Crippen MR) is 84.7 cm³/mol. The number of hydrogen-bond acceptors (Lipinski definition) is 3. The molecule has 0 saturated carbocycles. The summed E-state index contributed by atoms with van der Waals surface area (Å²) in [4.78, 5) is 10.8. The fourth-order valence-electron chi connectivity index (χ4n) is 2.67. The molecule has 0 aliphatic heterocycles. The van der Waals surface area contributed by atoms with Crippen molar-refractivity contribution in [1.82, 2.24) is 4.57 Å². The summed E-state index contributed by atoms with van der Waals surface area (Å²) in [5.74, 6) is 0. The van der Waals surface area contributed by atoms with Gasteiger partial charge in [-0.25, -0.2) is 0 Å². The lowest BCUT2D eigenvalue weighted by Gasteiger charge is -2.09. The number of aryl methyl sites for hydroxylation is 2. The first kappa shape index (κ1) is 15.1. The Kier molecular flexibility index (Phi) is 4.31. The van der Waals surface area contributed by atoms with Gasteiger partial charge in [0.1, 0.15) is 5.69 Å². The largest absolute Gasteiger partial charge is 0.375 e. The van der Waals surface area contributed by atoms with Crippen LogP contribution in [0.25, 0.3) is 0 Å². The highest BCUT2D eigenvalue weighted by Crippen LogP contribution is 2.26. The molecule has 5 nitrogen and oxygen atoms in total. The smallest absolute Gasteiger partial charge is 0.292 e. The molecule has 2 rings (SSSR count). The molecule has 2 aromatic rings. The number of hydrogen-bond donors (Lipinski definition) is 1. The van der Waals surface area contributed by atoms with Gasteiger partial charge in [-0.3, -0.25) is 10.1 Å². The third-order valence-corrected chi connectivity index (χ3v) is 3.81. The molecule has 5 heteroatoms. The number of nitrogens with one attached hydrogen (secondary N) is 1. The molecule has 0 bridgehead atoms. The van der Waals surface area contributed by atoms with Crippen molar-refractivity contribution in [3.63, 3.8) is 0 Å². The first-order valence-corrected chi connectivity index (χ1v) is 7.08. The molecular formula is C16H21N3O2. The van der Waals surface area contributed by atoms with Gasteiger partial charge in [0.2, 0.25) is 0 Å². The van der Waals surface area contributed by atoms with Crippen molar-refractivity contribution in [2.45, 2.75) is 40.8 Å². The molecule has 21 heavy (non-hydrogen) atoms. The fraction of sp³-hybridized carbons (Fsp3) is 0.375. The summed E-state index contributed by atoms with van der Waals surface area (Å²) < 4.78 is 2.24. The standard InChI is InChI=1S/C16H21N3O2/c1-5-18-12(3)9-14(13(18)4)10-17-15-7-6-11(2)8-16(15)19(20)21/h6-9,17H,5,10H2,1-4H3. The van der Waals surface area contributed by atoms with E-state index < -0.39 is 0 Å². The summed E-state index contributed by atoms with van der Waals surface area (Å²) in [6.07, 6.45) is 0. The number of nitro benzene ring substituents is 1. The van der Waals surface area contributed by atoms with E-state index in [9.17, 15) is 10.1 Å². The van der Waals surface area contributed by atoms with E-state index >= 15 is 0 Å². The van der Waals surface area contributed by atoms with Crippen LogP contribution < -0.4 is 5.32 Å². The molecule has 0 fully saturated rings. The maximum Gasteiger partial charge on any atom is 0.292 e. The molecule has 1 heterocycles. The Bertz CT molecular complexity index is 674. The molecule has 0 aliphatic carbocycles. The minimum absolute atomic E-state index is 0.124. The van der Waals surface area contributed by atoms with Crippen LogP contribution in [0.4, 0.5) is 11.4 Å². The second-order valence-electron chi connectivity index (χ2n) is 5.27. The topological polar surface area (TPSA) is 60.1 Å². The molecule has 1 aromatic heterocycles. The zero-order chi connectivity index (χ0) is 15.6. The second kappa shape index (κ2) is 5.99. The third-order valence-electron chi connectivity index (χ3n) is 3.81. The number of aromatic nitrogens is 1. The number of nitrogens with zero attached hydrogens (tertiary/aromatic N) is 2. The maximum absolute atomic E-state index is 11.1. The Labute approximate surface area is 124 Å². The van der Waals surface area contributed by atoms with Crippen LogP contribution in [0.2, 0.25) is 0 Å². The molecule has 1 aromatic carbocycles. The van der Waals surface area contributed by atoms with Crippen LogP contribution in [0.5, 0.6) is 0 Å². The van der Waals surface area contributed by atoms with Crippen LogP contribution >= 0.6 is 0 Å². The monoisotopic (exact) mass is 287 g/mol. The van der Waals surface area contributed by atoms with Crippen molar-refractivity contribution in [3.05, 3.63) is 56.9 Å². The van der Waals surface area contributed by atoms with Crippen molar-refractivity contribution in [1.29, 1.82) is 0 Å². The van der Waals surface area contributed by atoms with E-state index in [2.05, 4.69) is 36.7 Å². The van der Waals surface area contributed by atoms with Crippen molar-refractivity contribution in [2.75, 3.05) is 5.32 Å². The lowest BCUT2D eigenvalue weighted by molar-refractivity contribution is -0.384. The Morgan fingerprint density at radius 2 is 1.95 bits per heavy atom. The lowest BCUT2D eigenvalue weighted by atomic mass is 10.2. The van der Waals surface area contributed by atoms with Gasteiger partial charge in [-0.2, -0.15) is 0 Å². The van der Waals surface area contributed by atoms with Gasteiger partial charge in [0.15, 0.2) is 0 Å². The van der Waals surface area contributed by atoms with Gasteiger partial charge in [-0.15, -0.1) is 0 Å². The SMILES string of the molecule is CCn1c(C)cc(CNc2ccc(C)cc2[N+](=O)[O-])c1C. The Balaban J connectivity index is 2.23. The Hall–Kier alpha value is -2.30. The van der Waals surface area contributed by atoms with E-state index in [0.717, 1.165) is 12.1 Å². The first-order valence-electron chi connectivity index (χ1n) is 7.08. The molecule has 0 amide bonds. The lowest BCUT2D eigenvalue weighted by Crippen LogP contribution is -2.05. The quantitative estimate of drug-likeness (QED) is 0.669. The van der Waals surface area contributed by atoms with Crippen molar-refractivity contribution < 1.29 is 4.92 Å². The highest BCUT2D eigenvalue weighted by Gasteiger charge is 2.14.